The zero-order chi connectivity index (χ0) is 19.5. The number of benzene rings is 2. The molecule has 0 aliphatic heterocycles. The Morgan fingerprint density at radius 3 is 2.71 bits per heavy atom. The number of hydrogen-bond acceptors (Lipinski definition) is 5. The number of furan rings is 1. The summed E-state index contributed by atoms with van der Waals surface area (Å²) in [6, 6.07) is 16.2. The second-order valence-corrected chi connectivity index (χ2v) is 7.46. The van der Waals surface area contributed by atoms with Crippen molar-refractivity contribution in [1.29, 1.82) is 0 Å². The summed E-state index contributed by atoms with van der Waals surface area (Å²) in [5, 5.41) is 1.16. The summed E-state index contributed by atoms with van der Waals surface area (Å²) < 4.78 is 12.1. The number of carbonyl (C=O) groups is 1. The molecule has 0 bridgehead atoms. The minimum Gasteiger partial charge on any atom is -0.492 e. The highest BCUT2D eigenvalue weighted by Crippen LogP contribution is 2.35. The molecule has 0 aliphatic rings. The molecule has 4 aromatic rings. The van der Waals surface area contributed by atoms with Gasteiger partial charge in [0.05, 0.1) is 24.1 Å². The second-order valence-electron chi connectivity index (χ2n) is 6.01. The number of hydrogen-bond donors (Lipinski definition) is 0. The number of anilines is 1. The molecule has 2 aromatic heterocycles. The van der Waals surface area contributed by atoms with Crippen LogP contribution in [0.5, 0.6) is 5.75 Å². The molecule has 5 nitrogen and oxygen atoms in total. The van der Waals surface area contributed by atoms with Gasteiger partial charge in [0.2, 0.25) is 0 Å². The summed E-state index contributed by atoms with van der Waals surface area (Å²) in [7, 11) is 0. The van der Waals surface area contributed by atoms with E-state index in [4.69, 9.17) is 25.7 Å². The highest BCUT2D eigenvalue weighted by atomic mass is 35.5. The van der Waals surface area contributed by atoms with E-state index in [1.807, 2.05) is 31.2 Å². The number of carbonyl (C=O) groups excluding carboxylic acids is 1. The Morgan fingerprint density at radius 1 is 1.18 bits per heavy atom. The first kappa shape index (κ1) is 18.5. The van der Waals surface area contributed by atoms with Crippen LogP contribution < -0.4 is 9.64 Å². The number of aromatic nitrogens is 1. The van der Waals surface area contributed by atoms with Crippen molar-refractivity contribution in [1.82, 2.24) is 4.98 Å². The van der Waals surface area contributed by atoms with Crippen LogP contribution in [-0.4, -0.2) is 17.5 Å². The Hall–Kier alpha value is -2.83. The van der Waals surface area contributed by atoms with Gasteiger partial charge in [-0.1, -0.05) is 29.0 Å². The lowest BCUT2D eigenvalue weighted by Gasteiger charge is -2.18. The molecular formula is C21H17ClN2O3S. The minimum absolute atomic E-state index is 0.176. The third kappa shape index (κ3) is 3.74. The lowest BCUT2D eigenvalue weighted by Crippen LogP contribution is -2.30. The summed E-state index contributed by atoms with van der Waals surface area (Å²) in [6.07, 6.45) is 1.59. The number of fused-ring (bicyclic) bond motifs is 1. The number of ether oxygens (including phenoxy) is 1. The predicted molar refractivity (Wildman–Crippen MR) is 111 cm³/mol. The Bertz CT molecular complexity index is 1090. The van der Waals surface area contributed by atoms with Gasteiger partial charge in [-0.05, 0) is 55.5 Å². The average Bonchev–Trinajstić information content (AvgIpc) is 3.36. The van der Waals surface area contributed by atoms with Gasteiger partial charge in [-0.3, -0.25) is 9.69 Å². The van der Waals surface area contributed by atoms with Crippen LogP contribution >= 0.6 is 22.9 Å². The molecule has 0 aliphatic carbocycles. The SMILES string of the molecule is CCOc1cccc2sc(N(Cc3ccco3)C(=O)c3ccc(Cl)cc3)nc12. The highest BCUT2D eigenvalue weighted by molar-refractivity contribution is 7.22. The maximum Gasteiger partial charge on any atom is 0.260 e. The van der Waals surface area contributed by atoms with E-state index >= 15 is 0 Å². The standard InChI is InChI=1S/C21H17ClN2O3S/c1-2-26-17-6-3-7-18-19(17)23-21(28-18)24(13-16-5-4-12-27-16)20(25)14-8-10-15(22)11-9-14/h3-12H,2,13H2,1H3. The van der Waals surface area contributed by atoms with Crippen LogP contribution in [0.25, 0.3) is 10.2 Å². The van der Waals surface area contributed by atoms with Crippen LogP contribution in [0.15, 0.2) is 65.3 Å². The molecule has 2 aromatic carbocycles. The molecule has 0 saturated carbocycles. The van der Waals surface area contributed by atoms with Gasteiger partial charge in [0.1, 0.15) is 17.0 Å². The smallest absolute Gasteiger partial charge is 0.260 e. The van der Waals surface area contributed by atoms with Crippen molar-refractivity contribution in [3.05, 3.63) is 77.2 Å². The summed E-state index contributed by atoms with van der Waals surface area (Å²) in [4.78, 5) is 19.6. The van der Waals surface area contributed by atoms with Gasteiger partial charge >= 0.3 is 0 Å². The van der Waals surface area contributed by atoms with Gasteiger partial charge in [-0.15, -0.1) is 0 Å². The van der Waals surface area contributed by atoms with E-state index in [0.29, 0.717) is 33.8 Å². The lowest BCUT2D eigenvalue weighted by molar-refractivity contribution is 0.0983. The third-order valence-electron chi connectivity index (χ3n) is 4.13. The molecule has 142 valence electrons. The maximum absolute atomic E-state index is 13.2. The largest absolute Gasteiger partial charge is 0.492 e. The Balaban J connectivity index is 1.76. The van der Waals surface area contributed by atoms with E-state index in [9.17, 15) is 4.79 Å². The van der Waals surface area contributed by atoms with E-state index in [1.54, 1.807) is 41.5 Å². The van der Waals surface area contributed by atoms with Gasteiger partial charge in [0.25, 0.3) is 5.91 Å². The summed E-state index contributed by atoms with van der Waals surface area (Å²) >= 11 is 7.40. The maximum atomic E-state index is 13.2. The molecule has 0 fully saturated rings. The molecule has 28 heavy (non-hydrogen) atoms. The van der Waals surface area contributed by atoms with E-state index in [0.717, 1.165) is 10.2 Å². The van der Waals surface area contributed by atoms with Gasteiger partial charge in [-0.2, -0.15) is 0 Å². The van der Waals surface area contributed by atoms with Crippen molar-refractivity contribution in [2.24, 2.45) is 0 Å². The fraction of sp³-hybridized carbons (Fsp3) is 0.143. The number of amides is 1. The normalized spacial score (nSPS) is 10.9. The Kier molecular flexibility index (Phi) is 5.32. The van der Waals surface area contributed by atoms with Crippen LogP contribution in [0.4, 0.5) is 5.13 Å². The number of thiazole rings is 1. The molecule has 0 atom stereocenters. The number of rotatable bonds is 6. The second kappa shape index (κ2) is 8.04. The first-order valence-corrected chi connectivity index (χ1v) is 9.97. The lowest BCUT2D eigenvalue weighted by atomic mass is 10.2. The average molecular weight is 413 g/mol. The van der Waals surface area contributed by atoms with Crippen molar-refractivity contribution in [2.75, 3.05) is 11.5 Å². The summed E-state index contributed by atoms with van der Waals surface area (Å²) in [5.74, 6) is 1.20. The molecule has 1 amide bonds. The number of para-hydroxylation sites is 1. The molecule has 0 unspecified atom stereocenters. The molecule has 2 heterocycles. The first-order valence-electron chi connectivity index (χ1n) is 8.78. The van der Waals surface area contributed by atoms with Crippen molar-refractivity contribution >= 4 is 44.2 Å². The number of nitrogens with zero attached hydrogens (tertiary/aromatic N) is 2. The number of halogens is 1. The monoisotopic (exact) mass is 412 g/mol. The molecule has 4 rings (SSSR count). The molecule has 7 heteroatoms. The zero-order valence-electron chi connectivity index (χ0n) is 15.1. The van der Waals surface area contributed by atoms with Gasteiger partial charge in [-0.25, -0.2) is 4.98 Å². The Morgan fingerprint density at radius 2 is 2.00 bits per heavy atom. The van der Waals surface area contributed by atoms with Crippen molar-refractivity contribution in [2.45, 2.75) is 13.5 Å². The molecule has 0 N–H and O–H groups in total. The molecule has 0 saturated heterocycles. The van der Waals surface area contributed by atoms with Crippen LogP contribution in [0.1, 0.15) is 23.0 Å². The van der Waals surface area contributed by atoms with Crippen molar-refractivity contribution in [3.8, 4) is 5.75 Å². The van der Waals surface area contributed by atoms with Crippen molar-refractivity contribution < 1.29 is 13.9 Å². The van der Waals surface area contributed by atoms with Gasteiger partial charge in [0, 0.05) is 10.6 Å². The van der Waals surface area contributed by atoms with Crippen molar-refractivity contribution in [3.63, 3.8) is 0 Å². The Labute approximate surface area is 171 Å². The quantitative estimate of drug-likeness (QED) is 0.402. The van der Waals surface area contributed by atoms with Gasteiger partial charge in [0.15, 0.2) is 5.13 Å². The fourth-order valence-corrected chi connectivity index (χ4v) is 3.94. The molecule has 0 spiro atoms. The van der Waals surface area contributed by atoms with E-state index in [1.165, 1.54) is 11.3 Å². The summed E-state index contributed by atoms with van der Waals surface area (Å²) in [5.41, 5.74) is 1.28. The predicted octanol–water partition coefficient (Wildman–Crippen LogP) is 5.79. The van der Waals surface area contributed by atoms with Crippen LogP contribution in [-0.2, 0) is 6.54 Å². The van der Waals surface area contributed by atoms with Crippen LogP contribution in [0, 0.1) is 0 Å². The first-order chi connectivity index (χ1) is 13.7. The van der Waals surface area contributed by atoms with Crippen LogP contribution in [0.3, 0.4) is 0 Å². The fourth-order valence-electron chi connectivity index (χ4n) is 2.83. The highest BCUT2D eigenvalue weighted by Gasteiger charge is 2.23. The summed E-state index contributed by atoms with van der Waals surface area (Å²) in [6.45, 7) is 2.75. The molecular weight excluding hydrogens is 396 g/mol. The topological polar surface area (TPSA) is 55.6 Å². The van der Waals surface area contributed by atoms with Crippen LogP contribution in [0.2, 0.25) is 5.02 Å². The minimum atomic E-state index is -0.176. The zero-order valence-corrected chi connectivity index (χ0v) is 16.7. The van der Waals surface area contributed by atoms with E-state index < -0.39 is 0 Å². The van der Waals surface area contributed by atoms with E-state index in [2.05, 4.69) is 0 Å². The third-order valence-corrected chi connectivity index (χ3v) is 5.43. The van der Waals surface area contributed by atoms with Gasteiger partial charge < -0.3 is 9.15 Å². The van der Waals surface area contributed by atoms with E-state index in [-0.39, 0.29) is 12.5 Å². The molecule has 0 radical (unpaired) electrons.